The minimum absolute atomic E-state index is 0.00604. The summed E-state index contributed by atoms with van der Waals surface area (Å²) in [5, 5.41) is 4.21. The second-order valence-corrected chi connectivity index (χ2v) is 7.51. The predicted octanol–water partition coefficient (Wildman–Crippen LogP) is 4.34. The first kappa shape index (κ1) is 22.2. The SMILES string of the molecule is Cc1ccc(C(=O)Cc2ccc(CN)c(C(F)(F)F)c2)cc1C#Cc1cnc2cccnn12. The second-order valence-electron chi connectivity index (χ2n) is 7.51. The summed E-state index contributed by atoms with van der Waals surface area (Å²) in [6.07, 6.45) is -1.45. The fourth-order valence-electron chi connectivity index (χ4n) is 3.44. The minimum atomic E-state index is -4.53. The Balaban J connectivity index is 1.60. The highest BCUT2D eigenvalue weighted by molar-refractivity contribution is 5.98. The Labute approximate surface area is 188 Å². The van der Waals surface area contributed by atoms with Crippen molar-refractivity contribution >= 4 is 11.4 Å². The van der Waals surface area contributed by atoms with Crippen molar-refractivity contribution in [1.29, 1.82) is 0 Å². The molecule has 2 heterocycles. The molecule has 0 spiro atoms. The van der Waals surface area contributed by atoms with Crippen LogP contribution in [0.3, 0.4) is 0 Å². The fourth-order valence-corrected chi connectivity index (χ4v) is 3.44. The maximum absolute atomic E-state index is 13.3. The van der Waals surface area contributed by atoms with Crippen molar-refractivity contribution in [1.82, 2.24) is 14.6 Å². The van der Waals surface area contributed by atoms with Crippen molar-refractivity contribution in [2.45, 2.75) is 26.1 Å². The molecule has 0 bridgehead atoms. The van der Waals surface area contributed by atoms with E-state index in [9.17, 15) is 18.0 Å². The molecule has 0 saturated carbocycles. The first-order valence-electron chi connectivity index (χ1n) is 10.1. The third-order valence-corrected chi connectivity index (χ3v) is 5.23. The van der Waals surface area contributed by atoms with E-state index < -0.39 is 11.7 Å². The Morgan fingerprint density at radius 1 is 1.12 bits per heavy atom. The molecule has 0 aliphatic carbocycles. The van der Waals surface area contributed by atoms with E-state index in [2.05, 4.69) is 21.9 Å². The molecular formula is C25H19F3N4O. The molecule has 0 aliphatic rings. The average Bonchev–Trinajstić information content (AvgIpc) is 3.21. The van der Waals surface area contributed by atoms with Gasteiger partial charge in [0.15, 0.2) is 11.4 Å². The van der Waals surface area contributed by atoms with Gasteiger partial charge in [0.05, 0.1) is 11.8 Å². The molecule has 4 rings (SSSR count). The van der Waals surface area contributed by atoms with Crippen LogP contribution in [-0.4, -0.2) is 20.4 Å². The summed E-state index contributed by atoms with van der Waals surface area (Å²) >= 11 is 0. The molecule has 33 heavy (non-hydrogen) atoms. The van der Waals surface area contributed by atoms with Crippen LogP contribution in [0.25, 0.3) is 5.65 Å². The first-order valence-corrected chi connectivity index (χ1v) is 10.1. The maximum Gasteiger partial charge on any atom is 0.416 e. The number of alkyl halides is 3. The summed E-state index contributed by atoms with van der Waals surface area (Å²) in [4.78, 5) is 17.1. The van der Waals surface area contributed by atoms with Crippen LogP contribution in [0.5, 0.6) is 0 Å². The number of aromatic nitrogens is 3. The monoisotopic (exact) mass is 448 g/mol. The molecule has 8 heteroatoms. The third-order valence-electron chi connectivity index (χ3n) is 5.23. The van der Waals surface area contributed by atoms with Crippen LogP contribution in [0, 0.1) is 18.8 Å². The van der Waals surface area contributed by atoms with Crippen molar-refractivity contribution in [2.75, 3.05) is 0 Å². The van der Waals surface area contributed by atoms with Crippen LogP contribution in [0.4, 0.5) is 13.2 Å². The summed E-state index contributed by atoms with van der Waals surface area (Å²) in [6, 6.07) is 12.5. The Morgan fingerprint density at radius 3 is 2.70 bits per heavy atom. The lowest BCUT2D eigenvalue weighted by atomic mass is 9.96. The molecule has 0 fully saturated rings. The number of imidazole rings is 1. The van der Waals surface area contributed by atoms with E-state index in [1.807, 2.05) is 13.0 Å². The van der Waals surface area contributed by atoms with Gasteiger partial charge in [-0.25, -0.2) is 9.50 Å². The summed E-state index contributed by atoms with van der Waals surface area (Å²) in [6.45, 7) is 1.64. The van der Waals surface area contributed by atoms with Gasteiger partial charge < -0.3 is 5.73 Å². The van der Waals surface area contributed by atoms with Gasteiger partial charge in [0.1, 0.15) is 5.69 Å². The quantitative estimate of drug-likeness (QED) is 0.372. The van der Waals surface area contributed by atoms with Crippen molar-refractivity contribution in [2.24, 2.45) is 5.73 Å². The molecule has 0 aliphatic heterocycles. The number of halogens is 3. The normalized spacial score (nSPS) is 11.3. The van der Waals surface area contributed by atoms with Gasteiger partial charge in [0.25, 0.3) is 0 Å². The van der Waals surface area contributed by atoms with E-state index in [-0.39, 0.29) is 29.9 Å². The lowest BCUT2D eigenvalue weighted by molar-refractivity contribution is -0.138. The lowest BCUT2D eigenvalue weighted by Crippen LogP contribution is -2.13. The van der Waals surface area contributed by atoms with Gasteiger partial charge in [-0.2, -0.15) is 18.3 Å². The largest absolute Gasteiger partial charge is 0.416 e. The lowest BCUT2D eigenvalue weighted by Gasteiger charge is -2.13. The van der Waals surface area contributed by atoms with Gasteiger partial charge in [0, 0.05) is 30.3 Å². The molecule has 5 nitrogen and oxygen atoms in total. The molecule has 4 aromatic rings. The highest BCUT2D eigenvalue weighted by atomic mass is 19.4. The van der Waals surface area contributed by atoms with Crippen molar-refractivity contribution in [3.63, 3.8) is 0 Å². The van der Waals surface area contributed by atoms with Crippen molar-refractivity contribution in [3.05, 3.63) is 100.0 Å². The summed E-state index contributed by atoms with van der Waals surface area (Å²) in [5.41, 5.74) is 8.03. The van der Waals surface area contributed by atoms with Crippen LogP contribution >= 0.6 is 0 Å². The van der Waals surface area contributed by atoms with E-state index in [0.717, 1.165) is 11.6 Å². The highest BCUT2D eigenvalue weighted by Crippen LogP contribution is 2.33. The van der Waals surface area contributed by atoms with Gasteiger partial charge in [0.2, 0.25) is 0 Å². The predicted molar refractivity (Wildman–Crippen MR) is 118 cm³/mol. The first-order chi connectivity index (χ1) is 15.8. The van der Waals surface area contributed by atoms with Gasteiger partial charge in [-0.3, -0.25) is 4.79 Å². The molecule has 2 aromatic heterocycles. The zero-order valence-electron chi connectivity index (χ0n) is 17.6. The molecule has 2 N–H and O–H groups in total. The van der Waals surface area contributed by atoms with Crippen LogP contribution in [-0.2, 0) is 19.1 Å². The number of carbonyl (C=O) groups excluding carboxylic acids is 1. The Hall–Kier alpha value is -3.96. The zero-order chi connectivity index (χ0) is 23.6. The number of nitrogens with two attached hydrogens (primary N) is 1. The number of fused-ring (bicyclic) bond motifs is 1. The Kier molecular flexibility index (Phi) is 5.99. The van der Waals surface area contributed by atoms with Crippen LogP contribution in [0.15, 0.2) is 60.9 Å². The summed E-state index contributed by atoms with van der Waals surface area (Å²) in [5.74, 6) is 5.76. The topological polar surface area (TPSA) is 73.3 Å². The number of nitrogens with zero attached hydrogens (tertiary/aromatic N) is 3. The van der Waals surface area contributed by atoms with E-state index in [4.69, 9.17) is 5.73 Å². The maximum atomic E-state index is 13.3. The standard InChI is InChI=1S/C25H19F3N4O/c1-16-4-6-19(13-18(16)8-9-21-15-30-24-3-2-10-31-32(21)24)23(33)12-17-5-7-20(14-29)22(11-17)25(26,27)28/h2-7,10-11,13,15H,12,14,29H2,1H3. The number of Topliss-reactive ketones (excluding diaryl/α,β-unsaturated/α-hetero) is 1. The molecule has 0 radical (unpaired) electrons. The van der Waals surface area contributed by atoms with Gasteiger partial charge in [-0.15, -0.1) is 0 Å². The number of benzene rings is 2. The average molecular weight is 448 g/mol. The molecule has 2 aromatic carbocycles. The van der Waals surface area contributed by atoms with E-state index >= 15 is 0 Å². The molecule has 0 amide bonds. The minimum Gasteiger partial charge on any atom is -0.326 e. The number of hydrogen-bond donors (Lipinski definition) is 1. The Morgan fingerprint density at radius 2 is 1.94 bits per heavy atom. The number of aryl methyl sites for hydroxylation is 1. The van der Waals surface area contributed by atoms with Gasteiger partial charge >= 0.3 is 6.18 Å². The van der Waals surface area contributed by atoms with Gasteiger partial charge in [-0.1, -0.05) is 30.2 Å². The summed E-state index contributed by atoms with van der Waals surface area (Å²) in [7, 11) is 0. The van der Waals surface area contributed by atoms with Crippen LogP contribution < -0.4 is 5.73 Å². The zero-order valence-corrected chi connectivity index (χ0v) is 17.6. The Bertz CT molecular complexity index is 1410. The number of rotatable bonds is 4. The van der Waals surface area contributed by atoms with Gasteiger partial charge in [-0.05, 0) is 53.8 Å². The second kappa shape index (κ2) is 8.88. The highest BCUT2D eigenvalue weighted by Gasteiger charge is 2.33. The van der Waals surface area contributed by atoms with Crippen molar-refractivity contribution in [3.8, 4) is 11.8 Å². The molecule has 166 valence electrons. The molecular weight excluding hydrogens is 429 g/mol. The van der Waals surface area contributed by atoms with Crippen LogP contribution in [0.1, 0.15) is 43.9 Å². The summed E-state index contributed by atoms with van der Waals surface area (Å²) < 4.78 is 41.5. The molecule has 0 saturated heterocycles. The fraction of sp³-hybridized carbons (Fsp3) is 0.160. The van der Waals surface area contributed by atoms with E-state index in [1.165, 1.54) is 12.1 Å². The third kappa shape index (κ3) is 4.78. The van der Waals surface area contributed by atoms with E-state index in [0.29, 0.717) is 22.5 Å². The molecule has 0 atom stereocenters. The van der Waals surface area contributed by atoms with E-state index in [1.54, 1.807) is 41.2 Å². The van der Waals surface area contributed by atoms with Crippen molar-refractivity contribution < 1.29 is 18.0 Å². The number of ketones is 1. The van der Waals surface area contributed by atoms with Crippen LogP contribution in [0.2, 0.25) is 0 Å². The number of carbonyl (C=O) groups is 1. The smallest absolute Gasteiger partial charge is 0.326 e. The molecule has 0 unspecified atom stereocenters. The number of hydrogen-bond acceptors (Lipinski definition) is 4.